The highest BCUT2D eigenvalue weighted by Crippen LogP contribution is 2.23. The minimum Gasteiger partial charge on any atom is -0.496 e. The van der Waals surface area contributed by atoms with E-state index in [-0.39, 0.29) is 5.78 Å². The predicted molar refractivity (Wildman–Crippen MR) is 74.8 cm³/mol. The average Bonchev–Trinajstić information content (AvgIpc) is 2.82. The molecule has 3 heteroatoms. The average molecular weight is 260 g/mol. The van der Waals surface area contributed by atoms with Crippen LogP contribution < -0.4 is 4.74 Å². The van der Waals surface area contributed by atoms with E-state index in [0.717, 1.165) is 21.8 Å². The molecule has 0 saturated carbocycles. The van der Waals surface area contributed by atoms with Crippen molar-refractivity contribution in [3.05, 3.63) is 51.2 Å². The lowest BCUT2D eigenvalue weighted by molar-refractivity contribution is 0.0996. The first-order valence-electron chi connectivity index (χ1n) is 5.82. The third-order valence-electron chi connectivity index (χ3n) is 2.94. The Morgan fingerprint density at radius 1 is 1.28 bits per heavy atom. The van der Waals surface area contributed by atoms with E-state index in [0.29, 0.717) is 6.42 Å². The third-order valence-corrected chi connectivity index (χ3v) is 3.89. The highest BCUT2D eigenvalue weighted by molar-refractivity contribution is 7.12. The Kier molecular flexibility index (Phi) is 3.82. The molecule has 0 spiro atoms. The molecule has 1 aromatic carbocycles. The van der Waals surface area contributed by atoms with Crippen LogP contribution >= 0.6 is 11.3 Å². The number of ketones is 1. The number of hydrogen-bond donors (Lipinski definition) is 0. The van der Waals surface area contributed by atoms with Crippen molar-refractivity contribution < 1.29 is 9.53 Å². The van der Waals surface area contributed by atoms with Crippen molar-refractivity contribution in [2.75, 3.05) is 7.11 Å². The van der Waals surface area contributed by atoms with Gasteiger partial charge in [0, 0.05) is 17.9 Å². The summed E-state index contributed by atoms with van der Waals surface area (Å²) < 4.78 is 5.10. The lowest BCUT2D eigenvalue weighted by Gasteiger charge is -2.05. The molecule has 2 aromatic rings. The number of hydrogen-bond acceptors (Lipinski definition) is 3. The second kappa shape index (κ2) is 5.36. The molecular weight excluding hydrogens is 244 g/mol. The molecular formula is C15H16O2S. The molecule has 0 atom stereocenters. The molecule has 0 bridgehead atoms. The van der Waals surface area contributed by atoms with Gasteiger partial charge in [0.25, 0.3) is 0 Å². The Morgan fingerprint density at radius 3 is 2.72 bits per heavy atom. The molecule has 2 rings (SSSR count). The van der Waals surface area contributed by atoms with E-state index >= 15 is 0 Å². The molecule has 0 aliphatic carbocycles. The second-order valence-electron chi connectivity index (χ2n) is 4.38. The topological polar surface area (TPSA) is 26.3 Å². The van der Waals surface area contributed by atoms with Gasteiger partial charge in [0.1, 0.15) is 5.75 Å². The number of ether oxygens (including phenoxy) is 1. The number of benzene rings is 1. The highest BCUT2D eigenvalue weighted by atomic mass is 32.1. The van der Waals surface area contributed by atoms with Crippen LogP contribution in [0.4, 0.5) is 0 Å². The lowest BCUT2D eigenvalue weighted by atomic mass is 10.0. The van der Waals surface area contributed by atoms with Gasteiger partial charge in [-0.15, -0.1) is 11.3 Å². The van der Waals surface area contributed by atoms with E-state index in [4.69, 9.17) is 4.74 Å². The summed E-state index contributed by atoms with van der Waals surface area (Å²) in [6.07, 6.45) is 0.456. The fraction of sp³-hybridized carbons (Fsp3) is 0.267. The Balaban J connectivity index is 2.18. The molecule has 0 saturated heterocycles. The van der Waals surface area contributed by atoms with Gasteiger partial charge in [0.15, 0.2) is 5.78 Å². The van der Waals surface area contributed by atoms with Crippen LogP contribution in [0.2, 0.25) is 0 Å². The molecule has 0 amide bonds. The van der Waals surface area contributed by atoms with Gasteiger partial charge in [-0.2, -0.15) is 0 Å². The molecule has 0 aliphatic rings. The summed E-state index contributed by atoms with van der Waals surface area (Å²) in [5, 5.41) is 1.86. The monoisotopic (exact) mass is 260 g/mol. The number of methoxy groups -OCH3 is 1. The molecule has 94 valence electrons. The Hall–Kier alpha value is -1.61. The fourth-order valence-electron chi connectivity index (χ4n) is 1.82. The summed E-state index contributed by atoms with van der Waals surface area (Å²) >= 11 is 1.44. The minimum atomic E-state index is 0.150. The molecule has 0 radical (unpaired) electrons. The highest BCUT2D eigenvalue weighted by Gasteiger charge is 2.12. The number of rotatable bonds is 4. The molecule has 1 heterocycles. The van der Waals surface area contributed by atoms with Gasteiger partial charge in [-0.05, 0) is 25.0 Å². The maximum atomic E-state index is 12.2. The zero-order valence-corrected chi connectivity index (χ0v) is 11.6. The van der Waals surface area contributed by atoms with Crippen LogP contribution in [0, 0.1) is 13.8 Å². The summed E-state index contributed by atoms with van der Waals surface area (Å²) in [5.74, 6) is 0.904. The minimum absolute atomic E-state index is 0.150. The fourth-order valence-corrected chi connectivity index (χ4v) is 2.62. The van der Waals surface area contributed by atoms with E-state index in [2.05, 4.69) is 18.2 Å². The van der Waals surface area contributed by atoms with Crippen LogP contribution in [0.1, 0.15) is 26.4 Å². The van der Waals surface area contributed by atoms with E-state index in [1.807, 2.05) is 19.2 Å². The van der Waals surface area contributed by atoms with Gasteiger partial charge in [-0.3, -0.25) is 4.79 Å². The van der Waals surface area contributed by atoms with Gasteiger partial charge < -0.3 is 4.74 Å². The molecule has 0 fully saturated rings. The predicted octanol–water partition coefficient (Wildman–Crippen LogP) is 3.80. The Morgan fingerprint density at radius 2 is 2.06 bits per heavy atom. The van der Waals surface area contributed by atoms with Crippen molar-refractivity contribution >= 4 is 17.1 Å². The number of carbonyl (C=O) groups excluding carboxylic acids is 1. The first kappa shape index (κ1) is 12.8. The molecule has 0 N–H and O–H groups in total. The van der Waals surface area contributed by atoms with Gasteiger partial charge in [-0.25, -0.2) is 0 Å². The summed E-state index contributed by atoms with van der Waals surface area (Å²) in [7, 11) is 1.61. The molecule has 2 nitrogen and oxygen atoms in total. The molecule has 18 heavy (non-hydrogen) atoms. The summed E-state index contributed by atoms with van der Waals surface area (Å²) in [5.41, 5.74) is 3.46. The smallest absolute Gasteiger partial charge is 0.177 e. The van der Waals surface area contributed by atoms with Crippen LogP contribution in [0.5, 0.6) is 5.75 Å². The van der Waals surface area contributed by atoms with E-state index in [1.54, 1.807) is 13.2 Å². The maximum absolute atomic E-state index is 12.2. The van der Waals surface area contributed by atoms with Gasteiger partial charge in [-0.1, -0.05) is 23.8 Å². The van der Waals surface area contributed by atoms with Crippen molar-refractivity contribution in [2.45, 2.75) is 20.3 Å². The van der Waals surface area contributed by atoms with E-state index < -0.39 is 0 Å². The lowest BCUT2D eigenvalue weighted by Crippen LogP contribution is -2.03. The number of aryl methyl sites for hydroxylation is 2. The van der Waals surface area contributed by atoms with Crippen LogP contribution in [0.3, 0.4) is 0 Å². The number of Topliss-reactive ketones (excluding diaryl/α,β-unsaturated/α-hetero) is 1. The van der Waals surface area contributed by atoms with Crippen molar-refractivity contribution in [2.24, 2.45) is 0 Å². The zero-order valence-electron chi connectivity index (χ0n) is 10.8. The Bertz CT molecular complexity index is 570. The summed E-state index contributed by atoms with van der Waals surface area (Å²) in [4.78, 5) is 12.9. The summed E-state index contributed by atoms with van der Waals surface area (Å²) in [6, 6.07) is 8.01. The van der Waals surface area contributed by atoms with Gasteiger partial charge in [0.2, 0.25) is 0 Å². The quantitative estimate of drug-likeness (QED) is 0.782. The third kappa shape index (κ3) is 2.79. The maximum Gasteiger partial charge on any atom is 0.177 e. The van der Waals surface area contributed by atoms with Crippen LogP contribution in [-0.2, 0) is 6.42 Å². The van der Waals surface area contributed by atoms with E-state index in [1.165, 1.54) is 16.9 Å². The largest absolute Gasteiger partial charge is 0.496 e. The summed E-state index contributed by atoms with van der Waals surface area (Å²) in [6.45, 7) is 4.08. The van der Waals surface area contributed by atoms with Crippen LogP contribution in [0.25, 0.3) is 0 Å². The van der Waals surface area contributed by atoms with Gasteiger partial charge in [0.05, 0.1) is 12.0 Å². The van der Waals surface area contributed by atoms with Crippen LogP contribution in [-0.4, -0.2) is 12.9 Å². The van der Waals surface area contributed by atoms with Crippen molar-refractivity contribution in [1.29, 1.82) is 0 Å². The first-order chi connectivity index (χ1) is 8.60. The molecule has 1 aromatic heterocycles. The SMILES string of the molecule is COc1csc(C(=O)Cc2cc(C)ccc2C)c1. The Labute approximate surface area is 111 Å². The van der Waals surface area contributed by atoms with Crippen molar-refractivity contribution in [3.8, 4) is 5.75 Å². The van der Waals surface area contributed by atoms with Crippen molar-refractivity contribution in [3.63, 3.8) is 0 Å². The van der Waals surface area contributed by atoms with Gasteiger partial charge >= 0.3 is 0 Å². The van der Waals surface area contributed by atoms with E-state index in [9.17, 15) is 4.79 Å². The molecule has 0 aliphatic heterocycles. The second-order valence-corrected chi connectivity index (χ2v) is 5.29. The zero-order chi connectivity index (χ0) is 13.1. The normalized spacial score (nSPS) is 10.4. The molecule has 0 unspecified atom stereocenters. The van der Waals surface area contributed by atoms with Crippen molar-refractivity contribution in [1.82, 2.24) is 0 Å². The first-order valence-corrected chi connectivity index (χ1v) is 6.70. The number of thiophene rings is 1. The number of carbonyl (C=O) groups is 1. The standard InChI is InChI=1S/C15H16O2S/c1-10-4-5-11(2)12(6-10)7-14(16)15-8-13(17-3)9-18-15/h4-6,8-9H,7H2,1-3H3. The van der Waals surface area contributed by atoms with Crippen LogP contribution in [0.15, 0.2) is 29.6 Å².